The number of nitro benzene ring substituents is 1. The van der Waals surface area contributed by atoms with Crippen LogP contribution in [-0.4, -0.2) is 35.1 Å². The molecule has 1 aliphatic rings. The van der Waals surface area contributed by atoms with Gasteiger partial charge in [0, 0.05) is 11.8 Å². The number of hydrogen-bond donors (Lipinski definition) is 2. The number of rotatable bonds is 6. The Labute approximate surface area is 160 Å². The third-order valence-corrected chi connectivity index (χ3v) is 4.28. The normalized spacial score (nSPS) is 13.5. The number of carbonyl (C=O) groups is 2. The van der Waals surface area contributed by atoms with Gasteiger partial charge in [-0.15, -0.1) is 0 Å². The quantitative estimate of drug-likeness (QED) is 0.577. The van der Waals surface area contributed by atoms with Crippen molar-refractivity contribution in [3.05, 3.63) is 57.6 Å². The van der Waals surface area contributed by atoms with Gasteiger partial charge in [-0.2, -0.15) is 0 Å². The molecule has 0 fully saturated rings. The zero-order valence-corrected chi connectivity index (χ0v) is 15.0. The Balaban J connectivity index is 1.79. The fourth-order valence-electron chi connectivity index (χ4n) is 2.77. The molecule has 0 aromatic heterocycles. The monoisotopic (exact) mass is 386 g/mol. The first kappa shape index (κ1) is 19.2. The summed E-state index contributed by atoms with van der Waals surface area (Å²) in [5, 5.41) is 22.9. The minimum absolute atomic E-state index is 0.141. The smallest absolute Gasteiger partial charge is 0.306 e. The molecule has 0 aliphatic carbocycles. The highest BCUT2D eigenvalue weighted by atomic mass is 16.6. The molecule has 0 saturated carbocycles. The number of carboxylic acids is 1. The summed E-state index contributed by atoms with van der Waals surface area (Å²) < 4.78 is 10.7. The number of nitrogens with one attached hydrogen (secondary N) is 1. The minimum Gasteiger partial charge on any atom is -0.486 e. The van der Waals surface area contributed by atoms with E-state index in [9.17, 15) is 19.7 Å². The Bertz CT molecular complexity index is 925. The molecule has 1 aliphatic heterocycles. The molecule has 0 saturated heterocycles. The predicted molar refractivity (Wildman–Crippen MR) is 99.0 cm³/mol. The van der Waals surface area contributed by atoms with Crippen LogP contribution in [0, 0.1) is 16.0 Å². The van der Waals surface area contributed by atoms with Gasteiger partial charge in [0.05, 0.1) is 16.9 Å². The summed E-state index contributed by atoms with van der Waals surface area (Å²) in [6.45, 7) is 2.18. The highest BCUT2D eigenvalue weighted by Gasteiger charge is 2.26. The number of amides is 1. The highest BCUT2D eigenvalue weighted by molar-refractivity contribution is 6.07. The first-order valence-corrected chi connectivity index (χ1v) is 8.56. The molecule has 9 nitrogen and oxygen atoms in total. The van der Waals surface area contributed by atoms with Crippen LogP contribution < -0.4 is 14.8 Å². The van der Waals surface area contributed by atoms with E-state index in [2.05, 4.69) is 5.32 Å². The summed E-state index contributed by atoms with van der Waals surface area (Å²) in [4.78, 5) is 34.2. The Morgan fingerprint density at radius 3 is 2.36 bits per heavy atom. The second-order valence-corrected chi connectivity index (χ2v) is 6.36. The molecule has 0 radical (unpaired) electrons. The van der Waals surface area contributed by atoms with Crippen LogP contribution in [0.1, 0.15) is 22.8 Å². The average Bonchev–Trinajstić information content (AvgIpc) is 2.68. The van der Waals surface area contributed by atoms with E-state index < -0.39 is 22.7 Å². The van der Waals surface area contributed by atoms with E-state index in [1.54, 1.807) is 31.2 Å². The second kappa shape index (κ2) is 7.95. The summed E-state index contributed by atoms with van der Waals surface area (Å²) in [7, 11) is 0. The van der Waals surface area contributed by atoms with Gasteiger partial charge in [-0.3, -0.25) is 19.7 Å². The molecule has 1 heterocycles. The van der Waals surface area contributed by atoms with Gasteiger partial charge in [0.15, 0.2) is 11.5 Å². The van der Waals surface area contributed by atoms with Crippen molar-refractivity contribution in [3.8, 4) is 11.5 Å². The second-order valence-electron chi connectivity index (χ2n) is 6.36. The summed E-state index contributed by atoms with van der Waals surface area (Å²) >= 11 is 0. The van der Waals surface area contributed by atoms with E-state index in [0.717, 1.165) is 5.56 Å². The number of ether oxygens (including phenoxy) is 2. The van der Waals surface area contributed by atoms with E-state index in [1.807, 2.05) is 0 Å². The van der Waals surface area contributed by atoms with Crippen molar-refractivity contribution in [2.75, 3.05) is 18.5 Å². The van der Waals surface area contributed by atoms with Gasteiger partial charge in [-0.05, 0) is 24.1 Å². The maximum absolute atomic E-state index is 12.6. The highest BCUT2D eigenvalue weighted by Crippen LogP contribution is 2.36. The van der Waals surface area contributed by atoms with Crippen molar-refractivity contribution >= 4 is 23.3 Å². The fraction of sp³-hybridized carbons (Fsp3) is 0.263. The van der Waals surface area contributed by atoms with Crippen LogP contribution in [0.3, 0.4) is 0 Å². The molecule has 0 spiro atoms. The van der Waals surface area contributed by atoms with Crippen LogP contribution in [-0.2, 0) is 11.2 Å². The van der Waals surface area contributed by atoms with Crippen LogP contribution in [0.15, 0.2) is 36.4 Å². The fourth-order valence-corrected chi connectivity index (χ4v) is 2.77. The molecule has 28 heavy (non-hydrogen) atoms. The summed E-state index contributed by atoms with van der Waals surface area (Å²) in [6, 6.07) is 9.11. The summed E-state index contributed by atoms with van der Waals surface area (Å²) in [5.74, 6) is -1.56. The van der Waals surface area contributed by atoms with Crippen molar-refractivity contribution in [3.63, 3.8) is 0 Å². The van der Waals surface area contributed by atoms with E-state index in [0.29, 0.717) is 18.7 Å². The number of carboxylic acid groups (broad SMARTS) is 1. The Kier molecular flexibility index (Phi) is 5.44. The zero-order valence-electron chi connectivity index (χ0n) is 15.0. The largest absolute Gasteiger partial charge is 0.486 e. The minimum atomic E-state index is -0.886. The standard InChI is InChI=1S/C19H18N2O7/c1-11(19(23)24)8-12-2-4-13(5-3-12)20-18(22)14-9-16-17(28-7-6-27-16)10-15(14)21(25)26/h2-5,9-11H,6-8H2,1H3,(H,20,22)(H,23,24). The van der Waals surface area contributed by atoms with Gasteiger partial charge in [-0.25, -0.2) is 0 Å². The third kappa shape index (κ3) is 4.20. The van der Waals surface area contributed by atoms with Crippen molar-refractivity contribution in [1.29, 1.82) is 0 Å². The topological polar surface area (TPSA) is 128 Å². The maximum atomic E-state index is 12.6. The number of carbonyl (C=O) groups excluding carboxylic acids is 1. The van der Waals surface area contributed by atoms with E-state index >= 15 is 0 Å². The lowest BCUT2D eigenvalue weighted by atomic mass is 10.0. The predicted octanol–water partition coefficient (Wildman–Crippen LogP) is 2.88. The average molecular weight is 386 g/mol. The van der Waals surface area contributed by atoms with Crippen molar-refractivity contribution < 1.29 is 29.1 Å². The molecule has 1 atom stereocenters. The van der Waals surface area contributed by atoms with Crippen LogP contribution in [0.5, 0.6) is 11.5 Å². The number of nitrogens with zero attached hydrogens (tertiary/aromatic N) is 1. The van der Waals surface area contributed by atoms with Gasteiger partial charge in [-0.1, -0.05) is 19.1 Å². The molecule has 2 aromatic rings. The lowest BCUT2D eigenvalue weighted by Crippen LogP contribution is -2.18. The molecule has 1 amide bonds. The lowest BCUT2D eigenvalue weighted by molar-refractivity contribution is -0.385. The molecular weight excluding hydrogens is 368 g/mol. The van der Waals surface area contributed by atoms with Crippen LogP contribution in [0.2, 0.25) is 0 Å². The van der Waals surface area contributed by atoms with Crippen molar-refractivity contribution in [2.24, 2.45) is 5.92 Å². The van der Waals surface area contributed by atoms with Gasteiger partial charge < -0.3 is 19.9 Å². The van der Waals surface area contributed by atoms with Crippen LogP contribution in [0.25, 0.3) is 0 Å². The molecule has 1 unspecified atom stereocenters. The molecule has 0 bridgehead atoms. The van der Waals surface area contributed by atoms with Crippen LogP contribution in [0.4, 0.5) is 11.4 Å². The Morgan fingerprint density at radius 2 is 1.79 bits per heavy atom. The van der Waals surface area contributed by atoms with Crippen LogP contribution >= 0.6 is 0 Å². The van der Waals surface area contributed by atoms with Crippen molar-refractivity contribution in [2.45, 2.75) is 13.3 Å². The Morgan fingerprint density at radius 1 is 1.18 bits per heavy atom. The Hall–Kier alpha value is -3.62. The molecule has 3 rings (SSSR count). The molecule has 146 valence electrons. The SMILES string of the molecule is CC(Cc1ccc(NC(=O)c2cc3c(cc2[N+](=O)[O-])OCCO3)cc1)C(=O)O. The van der Waals surface area contributed by atoms with Gasteiger partial charge in [0.1, 0.15) is 18.8 Å². The molecule has 9 heteroatoms. The first-order chi connectivity index (χ1) is 13.3. The number of fused-ring (bicyclic) bond motifs is 1. The zero-order chi connectivity index (χ0) is 20.3. The number of hydrogen-bond acceptors (Lipinski definition) is 6. The van der Waals surface area contributed by atoms with E-state index in [4.69, 9.17) is 14.6 Å². The molecule has 2 N–H and O–H groups in total. The van der Waals surface area contributed by atoms with Gasteiger partial charge >= 0.3 is 5.97 Å². The molecular formula is C19H18N2O7. The summed E-state index contributed by atoms with van der Waals surface area (Å²) in [5.41, 5.74) is 0.714. The summed E-state index contributed by atoms with van der Waals surface area (Å²) in [6.07, 6.45) is 0.358. The number of benzene rings is 2. The first-order valence-electron chi connectivity index (χ1n) is 8.56. The number of aliphatic carboxylic acids is 1. The van der Waals surface area contributed by atoms with E-state index in [-0.39, 0.29) is 29.4 Å². The third-order valence-electron chi connectivity index (χ3n) is 4.28. The number of nitro groups is 1. The van der Waals surface area contributed by atoms with Gasteiger partial charge in [0.2, 0.25) is 0 Å². The van der Waals surface area contributed by atoms with Gasteiger partial charge in [0.25, 0.3) is 11.6 Å². The van der Waals surface area contributed by atoms with Crippen molar-refractivity contribution in [1.82, 2.24) is 0 Å². The number of anilines is 1. The lowest BCUT2D eigenvalue weighted by Gasteiger charge is -2.19. The van der Waals surface area contributed by atoms with E-state index in [1.165, 1.54) is 12.1 Å². The molecule has 2 aromatic carbocycles. The maximum Gasteiger partial charge on any atom is 0.306 e.